The summed E-state index contributed by atoms with van der Waals surface area (Å²) < 4.78 is 116. The predicted molar refractivity (Wildman–Crippen MR) is 52.8 cm³/mol. The van der Waals surface area contributed by atoms with Gasteiger partial charge in [0, 0.05) is 0 Å². The third-order valence-electron chi connectivity index (χ3n) is 2.29. The van der Waals surface area contributed by atoms with Gasteiger partial charge >= 0.3 is 30.5 Å². The van der Waals surface area contributed by atoms with Gasteiger partial charge in [-0.3, -0.25) is 9.59 Å². The van der Waals surface area contributed by atoms with Gasteiger partial charge < -0.3 is 9.47 Å². The van der Waals surface area contributed by atoms with Crippen LogP contribution in [-0.2, 0) is 19.1 Å². The molecule has 0 amide bonds. The van der Waals surface area contributed by atoms with E-state index in [-0.39, 0.29) is 0 Å². The van der Waals surface area contributed by atoms with Gasteiger partial charge in [0.1, 0.15) is 0 Å². The van der Waals surface area contributed by atoms with E-state index in [2.05, 4.69) is 9.47 Å². The fraction of sp³-hybridized carbons (Fsp3) is 0.800. The van der Waals surface area contributed by atoms with Crippen LogP contribution in [0.5, 0.6) is 0 Å². The number of esters is 2. The van der Waals surface area contributed by atoms with Crippen molar-refractivity contribution in [2.24, 2.45) is 5.92 Å². The van der Waals surface area contributed by atoms with Gasteiger partial charge in [-0.15, -0.1) is 0 Å². The number of alkyl halides is 9. The highest BCUT2D eigenvalue weighted by atomic mass is 19.4. The molecular formula is C10H9F9O4. The van der Waals surface area contributed by atoms with Crippen molar-refractivity contribution < 1.29 is 58.6 Å². The summed E-state index contributed by atoms with van der Waals surface area (Å²) in [4.78, 5) is 22.3. The van der Waals surface area contributed by atoms with Crippen LogP contribution in [0.1, 0.15) is 13.8 Å². The fourth-order valence-electron chi connectivity index (χ4n) is 0.977. The topological polar surface area (TPSA) is 52.6 Å². The molecule has 2 atom stereocenters. The molecule has 0 N–H and O–H groups in total. The predicted octanol–water partition coefficient (Wildman–Crippen LogP) is 3.15. The Morgan fingerprint density at radius 1 is 0.696 bits per heavy atom. The Kier molecular flexibility index (Phi) is 6.32. The largest absolute Gasteiger partial charge is 0.452 e. The van der Waals surface area contributed by atoms with Crippen molar-refractivity contribution in [3.05, 3.63) is 0 Å². The zero-order valence-electron chi connectivity index (χ0n) is 11.3. The molecule has 0 aromatic heterocycles. The molecule has 0 aliphatic rings. The minimum absolute atomic E-state index is 0.351. The number of carbonyl (C=O) groups is 2. The SMILES string of the molecule is CC(C(=O)OC(C)C(F)(F)F)C(=O)OC(C(F)(F)F)C(F)(F)F. The van der Waals surface area contributed by atoms with E-state index in [9.17, 15) is 49.1 Å². The summed E-state index contributed by atoms with van der Waals surface area (Å²) in [6.07, 6.45) is -24.3. The van der Waals surface area contributed by atoms with Gasteiger partial charge in [-0.05, 0) is 13.8 Å². The highest BCUT2D eigenvalue weighted by molar-refractivity contribution is 5.94. The maximum Gasteiger partial charge on any atom is 0.434 e. The standard InChI is InChI=1S/C10H9F9O4/c1-3(5(20)22-4(2)8(11,12)13)6(21)23-7(9(14,15)16)10(17,18)19/h3-4,7H,1-2H3. The van der Waals surface area contributed by atoms with E-state index in [1.807, 2.05) is 0 Å². The third-order valence-corrected chi connectivity index (χ3v) is 2.29. The van der Waals surface area contributed by atoms with E-state index in [4.69, 9.17) is 0 Å². The van der Waals surface area contributed by atoms with Gasteiger partial charge in [0.25, 0.3) is 6.10 Å². The molecule has 0 saturated heterocycles. The van der Waals surface area contributed by atoms with Crippen LogP contribution in [0.2, 0.25) is 0 Å². The number of hydrogen-bond donors (Lipinski definition) is 0. The zero-order valence-corrected chi connectivity index (χ0v) is 11.3. The van der Waals surface area contributed by atoms with Crippen LogP contribution in [0.3, 0.4) is 0 Å². The Morgan fingerprint density at radius 2 is 1.04 bits per heavy atom. The number of halogens is 9. The summed E-state index contributed by atoms with van der Waals surface area (Å²) in [6.45, 7) is 0.793. The van der Waals surface area contributed by atoms with Crippen LogP contribution < -0.4 is 0 Å². The van der Waals surface area contributed by atoms with Crippen LogP contribution in [0.15, 0.2) is 0 Å². The minimum atomic E-state index is -6.02. The first-order valence-electron chi connectivity index (χ1n) is 5.59. The summed E-state index contributed by atoms with van der Waals surface area (Å²) >= 11 is 0. The highest BCUT2D eigenvalue weighted by Crippen LogP contribution is 2.36. The van der Waals surface area contributed by atoms with Gasteiger partial charge in [0.05, 0.1) is 0 Å². The lowest BCUT2D eigenvalue weighted by Gasteiger charge is -2.24. The van der Waals surface area contributed by atoms with E-state index in [0.29, 0.717) is 13.8 Å². The summed E-state index contributed by atoms with van der Waals surface area (Å²) in [5.74, 6) is -6.74. The first-order valence-corrected chi connectivity index (χ1v) is 5.59. The molecule has 0 bridgehead atoms. The monoisotopic (exact) mass is 364 g/mol. The number of rotatable bonds is 4. The molecule has 13 heteroatoms. The van der Waals surface area contributed by atoms with Gasteiger partial charge in [-0.25, -0.2) is 0 Å². The number of carbonyl (C=O) groups excluding carboxylic acids is 2. The molecule has 0 radical (unpaired) electrons. The first-order chi connectivity index (χ1) is 9.98. The molecule has 4 nitrogen and oxygen atoms in total. The van der Waals surface area contributed by atoms with Crippen molar-refractivity contribution in [1.29, 1.82) is 0 Å². The van der Waals surface area contributed by atoms with Gasteiger partial charge in [-0.1, -0.05) is 0 Å². The van der Waals surface area contributed by atoms with Crippen LogP contribution in [0, 0.1) is 5.92 Å². The summed E-state index contributed by atoms with van der Waals surface area (Å²) in [5, 5.41) is 0. The normalized spacial score (nSPS) is 16.0. The fourth-order valence-corrected chi connectivity index (χ4v) is 0.977. The second-order valence-corrected chi connectivity index (χ2v) is 4.24. The van der Waals surface area contributed by atoms with Crippen molar-refractivity contribution in [1.82, 2.24) is 0 Å². The molecule has 0 aromatic rings. The van der Waals surface area contributed by atoms with Crippen molar-refractivity contribution in [2.45, 2.75) is 44.6 Å². The Bertz CT molecular complexity index is 423. The van der Waals surface area contributed by atoms with Gasteiger partial charge in [0.15, 0.2) is 12.0 Å². The van der Waals surface area contributed by atoms with Gasteiger partial charge in [0.2, 0.25) is 0 Å². The Hall–Kier alpha value is -1.69. The molecular weight excluding hydrogens is 355 g/mol. The average Bonchev–Trinajstić information content (AvgIpc) is 2.30. The van der Waals surface area contributed by atoms with E-state index in [1.54, 1.807) is 0 Å². The van der Waals surface area contributed by atoms with Crippen LogP contribution in [0.4, 0.5) is 39.5 Å². The molecule has 2 unspecified atom stereocenters. The van der Waals surface area contributed by atoms with Crippen molar-refractivity contribution >= 4 is 11.9 Å². The molecule has 0 aromatic carbocycles. The number of ether oxygens (including phenoxy) is 2. The molecule has 136 valence electrons. The minimum Gasteiger partial charge on any atom is -0.452 e. The zero-order chi connectivity index (χ0) is 18.8. The summed E-state index contributed by atoms with van der Waals surface area (Å²) in [7, 11) is 0. The molecule has 0 rings (SSSR count). The van der Waals surface area contributed by atoms with E-state index in [0.717, 1.165) is 0 Å². The quantitative estimate of drug-likeness (QED) is 0.437. The Balaban J connectivity index is 4.99. The Labute approximate surface area is 122 Å². The van der Waals surface area contributed by atoms with Crippen LogP contribution >= 0.6 is 0 Å². The van der Waals surface area contributed by atoms with Crippen molar-refractivity contribution in [3.63, 3.8) is 0 Å². The lowest BCUT2D eigenvalue weighted by molar-refractivity contribution is -0.314. The molecule has 0 heterocycles. The van der Waals surface area contributed by atoms with E-state index >= 15 is 0 Å². The first kappa shape index (κ1) is 21.3. The lowest BCUT2D eigenvalue weighted by atomic mass is 10.2. The second-order valence-electron chi connectivity index (χ2n) is 4.24. The molecule has 0 aliphatic heterocycles. The maximum absolute atomic E-state index is 12.1. The van der Waals surface area contributed by atoms with Crippen molar-refractivity contribution in [2.75, 3.05) is 0 Å². The van der Waals surface area contributed by atoms with Crippen molar-refractivity contribution in [3.8, 4) is 0 Å². The highest BCUT2D eigenvalue weighted by Gasteiger charge is 2.60. The molecule has 0 spiro atoms. The molecule has 0 saturated carbocycles. The molecule has 0 aliphatic carbocycles. The van der Waals surface area contributed by atoms with Crippen LogP contribution in [-0.4, -0.2) is 42.7 Å². The smallest absolute Gasteiger partial charge is 0.434 e. The van der Waals surface area contributed by atoms with E-state index in [1.165, 1.54) is 0 Å². The second kappa shape index (κ2) is 6.83. The average molecular weight is 364 g/mol. The summed E-state index contributed by atoms with van der Waals surface area (Å²) in [5.41, 5.74) is 0. The lowest BCUT2D eigenvalue weighted by Crippen LogP contribution is -2.47. The third kappa shape index (κ3) is 6.52. The Morgan fingerprint density at radius 3 is 1.35 bits per heavy atom. The summed E-state index contributed by atoms with van der Waals surface area (Å²) in [6, 6.07) is 0. The van der Waals surface area contributed by atoms with E-state index < -0.39 is 48.6 Å². The molecule has 0 fully saturated rings. The van der Waals surface area contributed by atoms with Gasteiger partial charge in [-0.2, -0.15) is 39.5 Å². The maximum atomic E-state index is 12.1. The van der Waals surface area contributed by atoms with Crippen LogP contribution in [0.25, 0.3) is 0 Å². The molecule has 23 heavy (non-hydrogen) atoms. The number of hydrogen-bond acceptors (Lipinski definition) is 4.